The summed E-state index contributed by atoms with van der Waals surface area (Å²) in [6.07, 6.45) is 5.72. The third-order valence-electron chi connectivity index (χ3n) is 2.82. The Morgan fingerprint density at radius 3 is 3.12 bits per heavy atom. The molecule has 3 N–H and O–H groups in total. The van der Waals surface area contributed by atoms with Crippen LogP contribution in [0.3, 0.4) is 0 Å². The molecule has 0 spiro atoms. The van der Waals surface area contributed by atoms with E-state index in [9.17, 15) is 0 Å². The lowest BCUT2D eigenvalue weighted by molar-refractivity contribution is 0.830. The van der Waals surface area contributed by atoms with Crippen molar-refractivity contribution >= 4 is 17.5 Å². The van der Waals surface area contributed by atoms with Crippen LogP contribution in [0.25, 0.3) is 5.57 Å². The summed E-state index contributed by atoms with van der Waals surface area (Å²) in [5, 5.41) is 3.39. The van der Waals surface area contributed by atoms with Crippen LogP contribution in [-0.4, -0.2) is 19.8 Å². The summed E-state index contributed by atoms with van der Waals surface area (Å²) in [5.74, 6) is 0. The van der Waals surface area contributed by atoms with Crippen LogP contribution in [0.2, 0.25) is 0 Å². The van der Waals surface area contributed by atoms with Crippen molar-refractivity contribution in [2.45, 2.75) is 12.8 Å². The number of nitrogens with one attached hydrogen (secondary N) is 1. The number of hydrogen-bond acceptors (Lipinski definition) is 3. The smallest absolute Gasteiger partial charge is 0.0373 e. The quantitative estimate of drug-likeness (QED) is 0.742. The molecule has 0 aromatic heterocycles. The molecule has 0 bridgehead atoms. The van der Waals surface area contributed by atoms with Crippen LogP contribution in [-0.2, 0) is 6.42 Å². The molecule has 3 heteroatoms. The topological polar surface area (TPSA) is 50.4 Å². The minimum absolute atomic E-state index is 0.968. The third-order valence-corrected chi connectivity index (χ3v) is 2.82. The number of aryl methyl sites for hydroxylation is 1. The monoisotopic (exact) mass is 215 g/mol. The van der Waals surface area contributed by atoms with Crippen molar-refractivity contribution in [3.63, 3.8) is 0 Å². The number of allylic oxidation sites excluding steroid dienone is 1. The Labute approximate surface area is 96.1 Å². The summed E-state index contributed by atoms with van der Waals surface area (Å²) in [6, 6.07) is 6.40. The fraction of sp³-hybridized carbons (Fsp3) is 0.308. The minimum atomic E-state index is 0.968. The van der Waals surface area contributed by atoms with Gasteiger partial charge in [-0.3, -0.25) is 4.99 Å². The molecule has 0 fully saturated rings. The molecule has 0 saturated heterocycles. The minimum Gasteiger partial charge on any atom is -0.404 e. The van der Waals surface area contributed by atoms with Gasteiger partial charge in [0, 0.05) is 37.3 Å². The Kier molecular flexibility index (Phi) is 3.25. The standard InChI is InChI=1S/C13H17N3/c1-15-9-12(8-14)10-4-5-13-11(7-10)3-2-6-16-13/h4-5,7-9,16H,2-3,6,14H2,1H3/b12-8+,15-9?. The van der Waals surface area contributed by atoms with Gasteiger partial charge in [-0.05, 0) is 36.1 Å². The molecule has 3 nitrogen and oxygen atoms in total. The van der Waals surface area contributed by atoms with E-state index < -0.39 is 0 Å². The van der Waals surface area contributed by atoms with Crippen molar-refractivity contribution in [1.29, 1.82) is 0 Å². The van der Waals surface area contributed by atoms with Crippen LogP contribution in [0.15, 0.2) is 29.4 Å². The normalized spacial score (nSPS) is 15.9. The molecule has 1 aromatic carbocycles. The van der Waals surface area contributed by atoms with Gasteiger partial charge in [-0.1, -0.05) is 6.07 Å². The number of fused-ring (bicyclic) bond motifs is 1. The SMILES string of the molecule is CN=C/C(=C\N)c1ccc2c(c1)CCCN2. The highest BCUT2D eigenvalue weighted by atomic mass is 14.9. The Morgan fingerprint density at radius 1 is 1.50 bits per heavy atom. The van der Waals surface area contributed by atoms with Crippen LogP contribution >= 0.6 is 0 Å². The number of aliphatic imine (C=N–C) groups is 1. The van der Waals surface area contributed by atoms with E-state index in [0.717, 1.165) is 24.1 Å². The van der Waals surface area contributed by atoms with Crippen molar-refractivity contribution in [3.8, 4) is 0 Å². The van der Waals surface area contributed by atoms with E-state index in [2.05, 4.69) is 28.5 Å². The van der Waals surface area contributed by atoms with Crippen LogP contribution in [0, 0.1) is 0 Å². The van der Waals surface area contributed by atoms with Gasteiger partial charge in [-0.2, -0.15) is 0 Å². The molecule has 1 aliphatic heterocycles. The molecule has 0 atom stereocenters. The first-order valence-corrected chi connectivity index (χ1v) is 5.56. The fourth-order valence-corrected chi connectivity index (χ4v) is 2.01. The maximum absolute atomic E-state index is 5.60. The zero-order chi connectivity index (χ0) is 11.4. The number of nitrogens with zero attached hydrogens (tertiary/aromatic N) is 1. The second-order valence-corrected chi connectivity index (χ2v) is 3.91. The zero-order valence-corrected chi connectivity index (χ0v) is 9.53. The molecular formula is C13H17N3. The molecule has 1 heterocycles. The van der Waals surface area contributed by atoms with Crippen LogP contribution in [0.4, 0.5) is 5.69 Å². The van der Waals surface area contributed by atoms with Gasteiger partial charge in [0.05, 0.1) is 0 Å². The maximum Gasteiger partial charge on any atom is 0.0373 e. The second kappa shape index (κ2) is 4.84. The van der Waals surface area contributed by atoms with E-state index in [0.29, 0.717) is 0 Å². The van der Waals surface area contributed by atoms with E-state index >= 15 is 0 Å². The number of hydrogen-bond donors (Lipinski definition) is 2. The van der Waals surface area contributed by atoms with E-state index in [1.807, 2.05) is 0 Å². The molecule has 1 aromatic rings. The summed E-state index contributed by atoms with van der Waals surface area (Å²) >= 11 is 0. The van der Waals surface area contributed by atoms with Crippen LogP contribution in [0.5, 0.6) is 0 Å². The van der Waals surface area contributed by atoms with Gasteiger partial charge in [0.25, 0.3) is 0 Å². The zero-order valence-electron chi connectivity index (χ0n) is 9.53. The highest BCUT2D eigenvalue weighted by molar-refractivity contribution is 6.09. The van der Waals surface area contributed by atoms with Crippen LogP contribution in [0.1, 0.15) is 17.5 Å². The average molecular weight is 215 g/mol. The molecule has 0 saturated carbocycles. The van der Waals surface area contributed by atoms with Gasteiger partial charge in [0.15, 0.2) is 0 Å². The summed E-state index contributed by atoms with van der Waals surface area (Å²) in [7, 11) is 1.75. The number of anilines is 1. The molecule has 16 heavy (non-hydrogen) atoms. The first-order chi connectivity index (χ1) is 7.85. The summed E-state index contributed by atoms with van der Waals surface area (Å²) < 4.78 is 0. The first kappa shape index (κ1) is 10.7. The Hall–Kier alpha value is -1.77. The number of nitrogens with two attached hydrogens (primary N) is 1. The van der Waals surface area contributed by atoms with E-state index in [-0.39, 0.29) is 0 Å². The van der Waals surface area contributed by atoms with Gasteiger partial charge >= 0.3 is 0 Å². The Balaban J connectivity index is 2.36. The third kappa shape index (κ3) is 2.08. The second-order valence-electron chi connectivity index (χ2n) is 3.91. The lowest BCUT2D eigenvalue weighted by Crippen LogP contribution is -2.11. The highest BCUT2D eigenvalue weighted by Crippen LogP contribution is 2.25. The van der Waals surface area contributed by atoms with Crippen molar-refractivity contribution in [2.24, 2.45) is 10.7 Å². The molecule has 0 amide bonds. The maximum atomic E-state index is 5.60. The van der Waals surface area contributed by atoms with Crippen molar-refractivity contribution in [3.05, 3.63) is 35.5 Å². The molecule has 84 valence electrons. The molecule has 2 rings (SSSR count). The van der Waals surface area contributed by atoms with Crippen LogP contribution < -0.4 is 11.1 Å². The largest absolute Gasteiger partial charge is 0.404 e. The number of benzene rings is 1. The van der Waals surface area contributed by atoms with Crippen molar-refractivity contribution < 1.29 is 0 Å². The van der Waals surface area contributed by atoms with Gasteiger partial charge in [0.2, 0.25) is 0 Å². The van der Waals surface area contributed by atoms with Gasteiger partial charge < -0.3 is 11.1 Å². The lowest BCUT2D eigenvalue weighted by atomic mass is 9.98. The summed E-state index contributed by atoms with van der Waals surface area (Å²) in [6.45, 7) is 1.07. The summed E-state index contributed by atoms with van der Waals surface area (Å²) in [4.78, 5) is 4.01. The van der Waals surface area contributed by atoms with Gasteiger partial charge in [-0.25, -0.2) is 0 Å². The molecule has 0 radical (unpaired) electrons. The van der Waals surface area contributed by atoms with E-state index in [1.165, 1.54) is 17.7 Å². The van der Waals surface area contributed by atoms with E-state index in [4.69, 9.17) is 5.73 Å². The predicted molar refractivity (Wildman–Crippen MR) is 69.8 cm³/mol. The molecule has 1 aliphatic rings. The fourth-order valence-electron chi connectivity index (χ4n) is 2.01. The van der Waals surface area contributed by atoms with Gasteiger partial charge in [0.1, 0.15) is 0 Å². The van der Waals surface area contributed by atoms with Gasteiger partial charge in [-0.15, -0.1) is 0 Å². The Morgan fingerprint density at radius 2 is 2.38 bits per heavy atom. The summed E-state index contributed by atoms with van der Waals surface area (Å²) in [5.41, 5.74) is 10.3. The highest BCUT2D eigenvalue weighted by Gasteiger charge is 2.09. The molecule has 0 unspecified atom stereocenters. The Bertz CT molecular complexity index is 433. The first-order valence-electron chi connectivity index (χ1n) is 5.56. The van der Waals surface area contributed by atoms with Crippen molar-refractivity contribution in [2.75, 3.05) is 18.9 Å². The van der Waals surface area contributed by atoms with E-state index in [1.54, 1.807) is 19.5 Å². The molecular weight excluding hydrogens is 198 g/mol. The average Bonchev–Trinajstić information content (AvgIpc) is 2.35. The number of rotatable bonds is 2. The molecule has 0 aliphatic carbocycles. The lowest BCUT2D eigenvalue weighted by Gasteiger charge is -2.18. The predicted octanol–water partition coefficient (Wildman–Crippen LogP) is 2.04. The van der Waals surface area contributed by atoms with Crippen molar-refractivity contribution in [1.82, 2.24) is 0 Å².